The number of aromatic nitrogens is 2. The number of rotatable bonds is 7. The van der Waals surface area contributed by atoms with Gasteiger partial charge in [0.1, 0.15) is 0 Å². The quantitative estimate of drug-likeness (QED) is 0.788. The molecule has 0 spiro atoms. The number of carbonyl (C=O) groups is 1. The second-order valence-corrected chi connectivity index (χ2v) is 6.40. The second-order valence-electron chi connectivity index (χ2n) is 6.40. The summed E-state index contributed by atoms with van der Waals surface area (Å²) in [4.78, 5) is 27.9. The van der Waals surface area contributed by atoms with Gasteiger partial charge in [-0.25, -0.2) is 4.98 Å². The van der Waals surface area contributed by atoms with E-state index in [4.69, 9.17) is 4.74 Å². The average molecular weight is 323 g/mol. The first kappa shape index (κ1) is 17.5. The Bertz CT molecular complexity index is 579. The Labute approximate surface area is 135 Å². The van der Waals surface area contributed by atoms with Crippen LogP contribution in [-0.2, 0) is 16.1 Å². The van der Waals surface area contributed by atoms with E-state index < -0.39 is 11.9 Å². The molecule has 128 valence electrons. The van der Waals surface area contributed by atoms with Crippen molar-refractivity contribution >= 4 is 11.8 Å². The van der Waals surface area contributed by atoms with E-state index in [2.05, 4.69) is 10.3 Å². The smallest absolute Gasteiger partial charge is 0.308 e. The molecule has 0 aromatic carbocycles. The van der Waals surface area contributed by atoms with E-state index in [1.54, 1.807) is 17.0 Å². The molecule has 1 aromatic rings. The van der Waals surface area contributed by atoms with Crippen molar-refractivity contribution in [3.05, 3.63) is 22.7 Å². The number of aliphatic carboxylic acids is 1. The number of hydrogen-bond acceptors (Lipinski definition) is 5. The van der Waals surface area contributed by atoms with Gasteiger partial charge in [-0.15, -0.1) is 0 Å². The highest BCUT2D eigenvalue weighted by molar-refractivity contribution is 5.71. The van der Waals surface area contributed by atoms with Crippen LogP contribution in [0.3, 0.4) is 0 Å². The van der Waals surface area contributed by atoms with Crippen molar-refractivity contribution in [3.63, 3.8) is 0 Å². The predicted octanol–water partition coefficient (Wildman–Crippen LogP) is 1.44. The van der Waals surface area contributed by atoms with Crippen molar-refractivity contribution in [2.75, 3.05) is 25.1 Å². The predicted molar refractivity (Wildman–Crippen MR) is 86.5 cm³/mol. The fourth-order valence-corrected chi connectivity index (χ4v) is 2.89. The van der Waals surface area contributed by atoms with Gasteiger partial charge in [0, 0.05) is 38.7 Å². The summed E-state index contributed by atoms with van der Waals surface area (Å²) < 4.78 is 6.89. The van der Waals surface area contributed by atoms with Crippen LogP contribution in [0.4, 0.5) is 5.82 Å². The minimum absolute atomic E-state index is 0.0651. The molecule has 2 N–H and O–H groups in total. The Hall–Kier alpha value is -1.89. The molecular weight excluding hydrogens is 298 g/mol. The molecule has 1 aromatic heterocycles. The summed E-state index contributed by atoms with van der Waals surface area (Å²) >= 11 is 0. The Morgan fingerprint density at radius 1 is 1.48 bits per heavy atom. The van der Waals surface area contributed by atoms with Gasteiger partial charge in [0.05, 0.1) is 5.92 Å². The zero-order valence-electron chi connectivity index (χ0n) is 13.7. The SMILES string of the molecule is CC(C)Cn1ccnc(NCC(C(=O)O)C2CCOCC2)c1=O. The zero-order valence-corrected chi connectivity index (χ0v) is 13.7. The fourth-order valence-electron chi connectivity index (χ4n) is 2.89. The van der Waals surface area contributed by atoms with Gasteiger partial charge in [-0.2, -0.15) is 0 Å². The van der Waals surface area contributed by atoms with Crippen LogP contribution in [0, 0.1) is 17.8 Å². The molecule has 1 fully saturated rings. The lowest BCUT2D eigenvalue weighted by atomic mass is 9.86. The lowest BCUT2D eigenvalue weighted by Crippen LogP contribution is -2.35. The molecule has 23 heavy (non-hydrogen) atoms. The Morgan fingerprint density at radius 2 is 2.17 bits per heavy atom. The summed E-state index contributed by atoms with van der Waals surface area (Å²) in [5.41, 5.74) is -0.211. The van der Waals surface area contributed by atoms with E-state index in [0.29, 0.717) is 25.7 Å². The van der Waals surface area contributed by atoms with E-state index in [1.165, 1.54) is 0 Å². The maximum absolute atomic E-state index is 12.3. The molecule has 7 nitrogen and oxygen atoms in total. The molecule has 1 aliphatic rings. The highest BCUT2D eigenvalue weighted by atomic mass is 16.5. The van der Waals surface area contributed by atoms with Gasteiger partial charge in [0.2, 0.25) is 0 Å². The summed E-state index contributed by atoms with van der Waals surface area (Å²) in [5, 5.41) is 12.4. The first-order valence-corrected chi connectivity index (χ1v) is 8.09. The van der Waals surface area contributed by atoms with Gasteiger partial charge >= 0.3 is 5.97 Å². The highest BCUT2D eigenvalue weighted by Gasteiger charge is 2.29. The average Bonchev–Trinajstić information content (AvgIpc) is 2.51. The molecule has 0 radical (unpaired) electrons. The van der Waals surface area contributed by atoms with Crippen molar-refractivity contribution in [1.29, 1.82) is 0 Å². The molecule has 2 heterocycles. The standard InChI is InChI=1S/C16H25N3O4/c1-11(2)10-19-6-5-17-14(15(19)20)18-9-13(16(21)22)12-3-7-23-8-4-12/h5-6,11-13H,3-4,7-10H2,1-2H3,(H,17,18)(H,21,22). The number of carboxylic acids is 1. The topological polar surface area (TPSA) is 93.5 Å². The number of nitrogens with one attached hydrogen (secondary N) is 1. The molecular formula is C16H25N3O4. The van der Waals surface area contributed by atoms with E-state index >= 15 is 0 Å². The first-order chi connectivity index (χ1) is 11.0. The maximum Gasteiger partial charge on any atom is 0.308 e. The molecule has 0 saturated carbocycles. The van der Waals surface area contributed by atoms with Crippen molar-refractivity contribution in [1.82, 2.24) is 9.55 Å². The molecule has 0 aliphatic carbocycles. The number of nitrogens with zero attached hydrogens (tertiary/aromatic N) is 2. The Balaban J connectivity index is 2.05. The summed E-state index contributed by atoms with van der Waals surface area (Å²) in [6, 6.07) is 0. The van der Waals surface area contributed by atoms with Gasteiger partial charge in [-0.3, -0.25) is 9.59 Å². The van der Waals surface area contributed by atoms with Crippen LogP contribution in [-0.4, -0.2) is 40.4 Å². The minimum atomic E-state index is -0.845. The first-order valence-electron chi connectivity index (χ1n) is 8.09. The van der Waals surface area contributed by atoms with Gasteiger partial charge in [0.25, 0.3) is 5.56 Å². The van der Waals surface area contributed by atoms with Crippen molar-refractivity contribution < 1.29 is 14.6 Å². The lowest BCUT2D eigenvalue weighted by molar-refractivity contribution is -0.144. The van der Waals surface area contributed by atoms with Crippen LogP contribution in [0.25, 0.3) is 0 Å². The monoisotopic (exact) mass is 323 g/mol. The Morgan fingerprint density at radius 3 is 2.78 bits per heavy atom. The van der Waals surface area contributed by atoms with Crippen LogP contribution < -0.4 is 10.9 Å². The molecule has 0 bridgehead atoms. The number of carboxylic acid groups (broad SMARTS) is 1. The van der Waals surface area contributed by atoms with Gasteiger partial charge in [0.15, 0.2) is 5.82 Å². The van der Waals surface area contributed by atoms with E-state index in [0.717, 1.165) is 12.8 Å². The molecule has 2 rings (SSSR count). The summed E-state index contributed by atoms with van der Waals surface area (Å²) in [6.45, 7) is 6.07. The van der Waals surface area contributed by atoms with Crippen LogP contribution in [0.1, 0.15) is 26.7 Å². The number of anilines is 1. The fraction of sp³-hybridized carbons (Fsp3) is 0.688. The normalized spacial score (nSPS) is 17.2. The summed E-state index contributed by atoms with van der Waals surface area (Å²) in [7, 11) is 0. The maximum atomic E-state index is 12.3. The second kappa shape index (κ2) is 8.10. The lowest BCUT2D eigenvalue weighted by Gasteiger charge is -2.27. The molecule has 0 amide bonds. The highest BCUT2D eigenvalue weighted by Crippen LogP contribution is 2.24. The Kier molecular flexibility index (Phi) is 6.15. The third-order valence-corrected chi connectivity index (χ3v) is 4.12. The minimum Gasteiger partial charge on any atom is -0.481 e. The van der Waals surface area contributed by atoms with Crippen LogP contribution in [0.15, 0.2) is 17.2 Å². The van der Waals surface area contributed by atoms with Gasteiger partial charge in [-0.05, 0) is 24.7 Å². The number of hydrogen-bond donors (Lipinski definition) is 2. The summed E-state index contributed by atoms with van der Waals surface area (Å²) in [5.74, 6) is -0.763. The van der Waals surface area contributed by atoms with Crippen LogP contribution >= 0.6 is 0 Å². The molecule has 1 atom stereocenters. The molecule has 1 unspecified atom stereocenters. The van der Waals surface area contributed by atoms with Crippen molar-refractivity contribution in [3.8, 4) is 0 Å². The van der Waals surface area contributed by atoms with Crippen molar-refractivity contribution in [2.24, 2.45) is 17.8 Å². The third kappa shape index (κ3) is 4.79. The van der Waals surface area contributed by atoms with Gasteiger partial charge in [-0.1, -0.05) is 13.8 Å². The van der Waals surface area contributed by atoms with E-state index in [-0.39, 0.29) is 23.8 Å². The summed E-state index contributed by atoms with van der Waals surface area (Å²) in [6.07, 6.45) is 4.69. The third-order valence-electron chi connectivity index (χ3n) is 4.12. The molecule has 7 heteroatoms. The van der Waals surface area contributed by atoms with Crippen LogP contribution in [0.2, 0.25) is 0 Å². The van der Waals surface area contributed by atoms with Gasteiger partial charge < -0.3 is 19.7 Å². The van der Waals surface area contributed by atoms with Crippen LogP contribution in [0.5, 0.6) is 0 Å². The van der Waals surface area contributed by atoms with E-state index in [1.807, 2.05) is 13.8 Å². The zero-order chi connectivity index (χ0) is 16.8. The molecule has 1 saturated heterocycles. The van der Waals surface area contributed by atoms with Crippen molar-refractivity contribution in [2.45, 2.75) is 33.2 Å². The molecule has 1 aliphatic heterocycles. The largest absolute Gasteiger partial charge is 0.481 e. The number of ether oxygens (including phenoxy) is 1. The van der Waals surface area contributed by atoms with E-state index in [9.17, 15) is 14.7 Å².